The van der Waals surface area contributed by atoms with Crippen LogP contribution in [-0.4, -0.2) is 5.78 Å². The molecule has 0 N–H and O–H groups in total. The lowest BCUT2D eigenvalue weighted by Crippen LogP contribution is -2.20. The van der Waals surface area contributed by atoms with Crippen LogP contribution < -0.4 is 0 Å². The number of carbonyl (C=O) groups excluding carboxylic acids is 1. The van der Waals surface area contributed by atoms with Gasteiger partial charge in [0.05, 0.1) is 0 Å². The Bertz CT molecular complexity index is 282. The van der Waals surface area contributed by atoms with Crippen LogP contribution in [-0.2, 0) is 4.79 Å². The van der Waals surface area contributed by atoms with Crippen molar-refractivity contribution in [3.8, 4) is 0 Å². The molecule has 78 valence electrons. The predicted octanol–water partition coefficient (Wildman–Crippen LogP) is 3.51. The lowest BCUT2D eigenvalue weighted by Gasteiger charge is -2.32. The number of rotatable bonds is 2. The van der Waals surface area contributed by atoms with Gasteiger partial charge in [-0.3, -0.25) is 4.79 Å². The molecule has 0 spiro atoms. The lowest BCUT2D eigenvalue weighted by atomic mass is 9.73. The van der Waals surface area contributed by atoms with Crippen molar-refractivity contribution < 1.29 is 4.79 Å². The predicted molar refractivity (Wildman–Crippen MR) is 60.1 cm³/mol. The van der Waals surface area contributed by atoms with Crippen molar-refractivity contribution in [3.63, 3.8) is 0 Å². The summed E-state index contributed by atoms with van der Waals surface area (Å²) in [4.78, 5) is 10.8. The van der Waals surface area contributed by atoms with E-state index in [0.717, 1.165) is 6.42 Å². The molecule has 1 atom stereocenters. The Kier molecular flexibility index (Phi) is 3.30. The van der Waals surface area contributed by atoms with Gasteiger partial charge in [0.15, 0.2) is 5.78 Å². The Hall–Kier alpha value is -0.850. The highest BCUT2D eigenvalue weighted by molar-refractivity contribution is 5.87. The van der Waals surface area contributed by atoms with Gasteiger partial charge in [-0.2, -0.15) is 0 Å². The molecule has 0 heterocycles. The van der Waals surface area contributed by atoms with E-state index in [1.54, 1.807) is 13.0 Å². The second-order valence-corrected chi connectivity index (χ2v) is 5.19. The van der Waals surface area contributed by atoms with E-state index < -0.39 is 0 Å². The minimum absolute atomic E-state index is 0.138. The van der Waals surface area contributed by atoms with Crippen molar-refractivity contribution in [1.29, 1.82) is 0 Å². The SMILES string of the molecule is CC(=O)/C=C/C1C=C(C)CC(C)(C)C1. The first-order valence-corrected chi connectivity index (χ1v) is 5.25. The van der Waals surface area contributed by atoms with Crippen molar-refractivity contribution in [2.24, 2.45) is 11.3 Å². The fraction of sp³-hybridized carbons (Fsp3) is 0.615. The van der Waals surface area contributed by atoms with Gasteiger partial charge in [-0.05, 0) is 44.1 Å². The molecule has 1 heteroatoms. The Morgan fingerprint density at radius 3 is 2.71 bits per heavy atom. The van der Waals surface area contributed by atoms with Gasteiger partial charge in [0.25, 0.3) is 0 Å². The number of allylic oxidation sites excluding steroid dienone is 4. The van der Waals surface area contributed by atoms with Gasteiger partial charge in [-0.15, -0.1) is 0 Å². The van der Waals surface area contributed by atoms with E-state index in [1.807, 2.05) is 6.08 Å². The normalized spacial score (nSPS) is 26.3. The van der Waals surface area contributed by atoms with Crippen LogP contribution in [0.2, 0.25) is 0 Å². The van der Waals surface area contributed by atoms with Gasteiger partial charge in [0.2, 0.25) is 0 Å². The smallest absolute Gasteiger partial charge is 0.152 e. The highest BCUT2D eigenvalue weighted by Gasteiger charge is 2.25. The maximum atomic E-state index is 10.8. The Morgan fingerprint density at radius 1 is 1.57 bits per heavy atom. The third-order valence-corrected chi connectivity index (χ3v) is 2.62. The van der Waals surface area contributed by atoms with E-state index in [9.17, 15) is 4.79 Å². The summed E-state index contributed by atoms with van der Waals surface area (Å²) in [6.45, 7) is 8.35. The highest BCUT2D eigenvalue weighted by atomic mass is 16.1. The first kappa shape index (κ1) is 11.2. The van der Waals surface area contributed by atoms with Crippen LogP contribution in [0.15, 0.2) is 23.8 Å². The van der Waals surface area contributed by atoms with Crippen LogP contribution >= 0.6 is 0 Å². The first-order chi connectivity index (χ1) is 6.39. The molecule has 0 radical (unpaired) electrons. The molecular formula is C13H20O. The highest BCUT2D eigenvalue weighted by Crippen LogP contribution is 2.38. The summed E-state index contributed by atoms with van der Waals surface area (Å²) >= 11 is 0. The van der Waals surface area contributed by atoms with Gasteiger partial charge in [-0.25, -0.2) is 0 Å². The average Bonchev–Trinajstić information content (AvgIpc) is 1.96. The van der Waals surface area contributed by atoms with E-state index in [2.05, 4.69) is 26.8 Å². The molecule has 14 heavy (non-hydrogen) atoms. The third-order valence-electron chi connectivity index (χ3n) is 2.62. The minimum atomic E-state index is 0.138. The quantitative estimate of drug-likeness (QED) is 0.483. The number of hydrogen-bond donors (Lipinski definition) is 0. The Balaban J connectivity index is 2.72. The van der Waals surface area contributed by atoms with Gasteiger partial charge < -0.3 is 0 Å². The fourth-order valence-corrected chi connectivity index (χ4v) is 2.33. The zero-order valence-corrected chi connectivity index (χ0v) is 9.63. The Labute approximate surface area is 86.9 Å². The largest absolute Gasteiger partial charge is 0.295 e. The second-order valence-electron chi connectivity index (χ2n) is 5.19. The average molecular weight is 192 g/mol. The second kappa shape index (κ2) is 4.12. The van der Waals surface area contributed by atoms with Crippen LogP contribution in [0, 0.1) is 11.3 Å². The molecule has 0 aromatic rings. The zero-order chi connectivity index (χ0) is 10.8. The van der Waals surface area contributed by atoms with Crippen molar-refractivity contribution in [3.05, 3.63) is 23.8 Å². The van der Waals surface area contributed by atoms with Crippen LogP contribution in [0.25, 0.3) is 0 Å². The Morgan fingerprint density at radius 2 is 2.21 bits per heavy atom. The summed E-state index contributed by atoms with van der Waals surface area (Å²) in [7, 11) is 0. The number of carbonyl (C=O) groups is 1. The molecule has 1 unspecified atom stereocenters. The molecule has 0 aromatic heterocycles. The van der Waals surface area contributed by atoms with Crippen LogP contribution in [0.4, 0.5) is 0 Å². The summed E-state index contributed by atoms with van der Waals surface area (Å²) < 4.78 is 0. The van der Waals surface area contributed by atoms with Crippen LogP contribution in [0.3, 0.4) is 0 Å². The maximum absolute atomic E-state index is 10.8. The minimum Gasteiger partial charge on any atom is -0.295 e. The standard InChI is InChI=1S/C13H20O/c1-10-7-12(6-5-11(2)14)9-13(3,4)8-10/h5-7,12H,8-9H2,1-4H3/b6-5+. The monoisotopic (exact) mass is 192 g/mol. The molecule has 0 amide bonds. The molecule has 0 bridgehead atoms. The fourth-order valence-electron chi connectivity index (χ4n) is 2.33. The molecule has 1 aliphatic rings. The number of hydrogen-bond acceptors (Lipinski definition) is 1. The molecule has 0 saturated carbocycles. The van der Waals surface area contributed by atoms with Crippen LogP contribution in [0.5, 0.6) is 0 Å². The van der Waals surface area contributed by atoms with E-state index in [4.69, 9.17) is 0 Å². The molecule has 1 nitrogen and oxygen atoms in total. The topological polar surface area (TPSA) is 17.1 Å². The first-order valence-electron chi connectivity index (χ1n) is 5.25. The molecular weight excluding hydrogens is 172 g/mol. The van der Waals surface area contributed by atoms with E-state index >= 15 is 0 Å². The maximum Gasteiger partial charge on any atom is 0.152 e. The van der Waals surface area contributed by atoms with Crippen molar-refractivity contribution in [1.82, 2.24) is 0 Å². The van der Waals surface area contributed by atoms with Gasteiger partial charge in [-0.1, -0.05) is 31.6 Å². The molecule has 1 aliphatic carbocycles. The van der Waals surface area contributed by atoms with Gasteiger partial charge >= 0.3 is 0 Å². The molecule has 0 fully saturated rings. The number of ketones is 1. The van der Waals surface area contributed by atoms with Gasteiger partial charge in [0.1, 0.15) is 0 Å². The lowest BCUT2D eigenvalue weighted by molar-refractivity contribution is -0.112. The zero-order valence-electron chi connectivity index (χ0n) is 9.63. The molecule has 0 aromatic carbocycles. The van der Waals surface area contributed by atoms with Crippen molar-refractivity contribution in [2.75, 3.05) is 0 Å². The molecule has 0 saturated heterocycles. The van der Waals surface area contributed by atoms with Crippen LogP contribution in [0.1, 0.15) is 40.5 Å². The van der Waals surface area contributed by atoms with E-state index in [1.165, 1.54) is 12.0 Å². The summed E-state index contributed by atoms with van der Waals surface area (Å²) in [5.41, 5.74) is 1.82. The van der Waals surface area contributed by atoms with E-state index in [-0.39, 0.29) is 5.78 Å². The van der Waals surface area contributed by atoms with E-state index in [0.29, 0.717) is 11.3 Å². The summed E-state index contributed by atoms with van der Waals surface area (Å²) in [6.07, 6.45) is 8.33. The summed E-state index contributed by atoms with van der Waals surface area (Å²) in [6, 6.07) is 0. The van der Waals surface area contributed by atoms with Gasteiger partial charge in [0, 0.05) is 0 Å². The molecule has 0 aliphatic heterocycles. The third kappa shape index (κ3) is 3.49. The molecule has 1 rings (SSSR count). The summed E-state index contributed by atoms with van der Waals surface area (Å²) in [5, 5.41) is 0. The van der Waals surface area contributed by atoms with Crippen molar-refractivity contribution in [2.45, 2.75) is 40.5 Å². The van der Waals surface area contributed by atoms with Crippen molar-refractivity contribution >= 4 is 5.78 Å². The summed E-state index contributed by atoms with van der Waals surface area (Å²) in [5.74, 6) is 0.585.